The first kappa shape index (κ1) is 16.8. The summed E-state index contributed by atoms with van der Waals surface area (Å²) in [5.74, 6) is 0. The molecule has 1 heterocycles. The molecule has 0 saturated heterocycles. The van der Waals surface area contributed by atoms with E-state index in [0.29, 0.717) is 11.5 Å². The van der Waals surface area contributed by atoms with Crippen molar-refractivity contribution in [2.24, 2.45) is 4.99 Å². The van der Waals surface area contributed by atoms with Crippen LogP contribution in [0.5, 0.6) is 0 Å². The van der Waals surface area contributed by atoms with Gasteiger partial charge in [-0.25, -0.2) is 4.99 Å². The maximum absolute atomic E-state index is 5.47. The van der Waals surface area contributed by atoms with Crippen LogP contribution in [-0.2, 0) is 19.3 Å². The summed E-state index contributed by atoms with van der Waals surface area (Å²) < 4.78 is 0. The molecule has 1 aliphatic heterocycles. The van der Waals surface area contributed by atoms with E-state index < -0.39 is 0 Å². The molecule has 0 aromatic heterocycles. The molecule has 0 unspecified atom stereocenters. The maximum Gasteiger partial charge on any atom is 0.123 e. The number of hydrogen-bond acceptors (Lipinski definition) is 2. The van der Waals surface area contributed by atoms with Gasteiger partial charge in [0.05, 0.1) is 12.3 Å². The Morgan fingerprint density at radius 2 is 1.79 bits per heavy atom. The second-order valence-corrected chi connectivity index (χ2v) is 6.62. The zero-order chi connectivity index (χ0) is 17.1. The Bertz CT molecular complexity index is 805. The second kappa shape index (κ2) is 7.27. The quantitative estimate of drug-likeness (QED) is 0.798. The Morgan fingerprint density at radius 1 is 1.00 bits per heavy atom. The average molecular weight is 337 g/mol. The van der Waals surface area contributed by atoms with Crippen LogP contribution in [0.2, 0.25) is 0 Å². The molecule has 3 rings (SSSR count). The lowest BCUT2D eigenvalue weighted by molar-refractivity contribution is 1.08. The van der Waals surface area contributed by atoms with Crippen LogP contribution in [0.25, 0.3) is 0 Å². The van der Waals surface area contributed by atoms with E-state index in [1.165, 1.54) is 22.3 Å². The van der Waals surface area contributed by atoms with E-state index in [1.807, 2.05) is 0 Å². The third-order valence-corrected chi connectivity index (χ3v) is 4.82. The third-order valence-electron chi connectivity index (χ3n) is 4.58. The molecule has 124 valence electrons. The van der Waals surface area contributed by atoms with Crippen molar-refractivity contribution >= 4 is 28.6 Å². The fraction of sp³-hybridized carbons (Fsp3) is 0.333. The Morgan fingerprint density at radius 3 is 2.50 bits per heavy atom. The van der Waals surface area contributed by atoms with Gasteiger partial charge in [0.2, 0.25) is 0 Å². The molecule has 2 aromatic rings. The number of rotatable bonds is 4. The van der Waals surface area contributed by atoms with Crippen LogP contribution in [0, 0.1) is 0 Å². The van der Waals surface area contributed by atoms with E-state index in [0.717, 1.165) is 36.2 Å². The molecule has 24 heavy (non-hydrogen) atoms. The summed E-state index contributed by atoms with van der Waals surface area (Å²) >= 11 is 5.47. The number of aliphatic imine (C=N–C) groups is 1. The van der Waals surface area contributed by atoms with Crippen LogP contribution < -0.4 is 5.32 Å². The molecule has 0 aliphatic carbocycles. The first-order valence-electron chi connectivity index (χ1n) is 8.77. The summed E-state index contributed by atoms with van der Waals surface area (Å²) in [7, 11) is 0. The molecule has 0 amide bonds. The zero-order valence-corrected chi connectivity index (χ0v) is 15.5. The first-order valence-corrected chi connectivity index (χ1v) is 9.17. The highest BCUT2D eigenvalue weighted by Crippen LogP contribution is 2.29. The van der Waals surface area contributed by atoms with Crippen LogP contribution in [-0.4, -0.2) is 17.2 Å². The topological polar surface area (TPSA) is 24.4 Å². The van der Waals surface area contributed by atoms with E-state index in [9.17, 15) is 0 Å². The van der Waals surface area contributed by atoms with Gasteiger partial charge in [0.1, 0.15) is 4.99 Å². The van der Waals surface area contributed by atoms with Gasteiger partial charge in [-0.2, -0.15) is 0 Å². The Kier molecular flexibility index (Phi) is 5.10. The number of hydrogen-bond donors (Lipinski definition) is 1. The van der Waals surface area contributed by atoms with Crippen molar-refractivity contribution in [1.82, 2.24) is 0 Å². The first-order chi connectivity index (χ1) is 11.7. The van der Waals surface area contributed by atoms with Gasteiger partial charge in [0.15, 0.2) is 0 Å². The van der Waals surface area contributed by atoms with Gasteiger partial charge in [0, 0.05) is 16.8 Å². The monoisotopic (exact) mass is 336 g/mol. The van der Waals surface area contributed by atoms with Crippen LogP contribution in [0.3, 0.4) is 0 Å². The van der Waals surface area contributed by atoms with E-state index in [-0.39, 0.29) is 0 Å². The van der Waals surface area contributed by atoms with E-state index in [1.54, 1.807) is 0 Å². The maximum atomic E-state index is 5.47. The normalized spacial score (nSPS) is 13.8. The van der Waals surface area contributed by atoms with Crippen LogP contribution in [0.1, 0.15) is 48.6 Å². The van der Waals surface area contributed by atoms with Crippen molar-refractivity contribution in [3.05, 3.63) is 64.2 Å². The predicted molar refractivity (Wildman–Crippen MR) is 108 cm³/mol. The Labute approximate surface area is 150 Å². The third kappa shape index (κ3) is 3.27. The summed E-state index contributed by atoms with van der Waals surface area (Å²) in [5, 5.41) is 3.50. The minimum Gasteiger partial charge on any atom is -0.378 e. The molecule has 0 saturated carbocycles. The molecule has 0 bridgehead atoms. The average Bonchev–Trinajstić information content (AvgIpc) is 2.80. The highest BCUT2D eigenvalue weighted by atomic mass is 32.1. The summed E-state index contributed by atoms with van der Waals surface area (Å²) in [5.41, 5.74) is 8.54. The Hall–Kier alpha value is -2.00. The lowest BCUT2D eigenvalue weighted by Gasteiger charge is -2.17. The number of anilines is 1. The number of fused-ring (bicyclic) bond motifs is 1. The van der Waals surface area contributed by atoms with Crippen molar-refractivity contribution in [2.45, 2.75) is 40.0 Å². The molecule has 0 atom stereocenters. The van der Waals surface area contributed by atoms with Gasteiger partial charge >= 0.3 is 0 Å². The van der Waals surface area contributed by atoms with Crippen molar-refractivity contribution in [2.75, 3.05) is 11.9 Å². The van der Waals surface area contributed by atoms with E-state index >= 15 is 0 Å². The minimum absolute atomic E-state index is 0.621. The number of nitrogens with one attached hydrogen (secondary N) is 1. The van der Waals surface area contributed by atoms with Gasteiger partial charge in [-0.1, -0.05) is 57.3 Å². The van der Waals surface area contributed by atoms with Crippen LogP contribution in [0.15, 0.2) is 41.4 Å². The van der Waals surface area contributed by atoms with Gasteiger partial charge in [0.25, 0.3) is 0 Å². The van der Waals surface area contributed by atoms with Gasteiger partial charge in [-0.3, -0.25) is 0 Å². The second-order valence-electron chi connectivity index (χ2n) is 6.15. The highest BCUT2D eigenvalue weighted by molar-refractivity contribution is 7.80. The summed E-state index contributed by atoms with van der Waals surface area (Å²) in [4.78, 5) is 5.52. The largest absolute Gasteiger partial charge is 0.378 e. The van der Waals surface area contributed by atoms with Crippen LogP contribution >= 0.6 is 12.2 Å². The van der Waals surface area contributed by atoms with Crippen LogP contribution in [0.4, 0.5) is 5.69 Å². The number of aryl methyl sites for hydroxylation is 3. The molecule has 3 heteroatoms. The van der Waals surface area contributed by atoms with Crippen molar-refractivity contribution in [1.29, 1.82) is 0 Å². The molecule has 2 nitrogen and oxygen atoms in total. The van der Waals surface area contributed by atoms with Gasteiger partial charge < -0.3 is 5.32 Å². The molecule has 1 aliphatic rings. The predicted octanol–water partition coefficient (Wildman–Crippen LogP) is 4.96. The molecular weight excluding hydrogens is 312 g/mol. The number of benzene rings is 2. The standard InChI is InChI=1S/C21H24N2S/c1-4-14-8-7-9-17(10-14)21-20-16(6-3)11-15(5-2)12-18(20)22-13-19(24)23-21/h7-12,22H,4-6,13H2,1-3H3. The molecule has 0 fully saturated rings. The smallest absolute Gasteiger partial charge is 0.123 e. The van der Waals surface area contributed by atoms with Crippen molar-refractivity contribution < 1.29 is 0 Å². The molecule has 2 aromatic carbocycles. The lowest BCUT2D eigenvalue weighted by Crippen LogP contribution is -2.10. The SMILES string of the molecule is CCc1cccc(C2=NC(=S)CNc3cc(CC)cc(CC)c32)c1. The number of nitrogens with zero attached hydrogens (tertiary/aromatic N) is 1. The molecule has 0 spiro atoms. The highest BCUT2D eigenvalue weighted by Gasteiger charge is 2.20. The van der Waals surface area contributed by atoms with Gasteiger partial charge in [-0.15, -0.1) is 0 Å². The fourth-order valence-electron chi connectivity index (χ4n) is 3.21. The van der Waals surface area contributed by atoms with Crippen molar-refractivity contribution in [3.8, 4) is 0 Å². The Balaban J connectivity index is 2.24. The van der Waals surface area contributed by atoms with Crippen molar-refractivity contribution in [3.63, 3.8) is 0 Å². The molecule has 1 N–H and O–H groups in total. The van der Waals surface area contributed by atoms with Gasteiger partial charge in [-0.05, 0) is 48.1 Å². The number of thiocarbonyl (C=S) groups is 1. The summed E-state index contributed by atoms with van der Waals surface area (Å²) in [6.45, 7) is 7.20. The minimum atomic E-state index is 0.621. The number of benzodiazepines with no additional fused rings is 1. The molecular formula is C21H24N2S. The summed E-state index contributed by atoms with van der Waals surface area (Å²) in [6.07, 6.45) is 3.04. The van der Waals surface area contributed by atoms with E-state index in [4.69, 9.17) is 17.2 Å². The zero-order valence-electron chi connectivity index (χ0n) is 14.6. The van der Waals surface area contributed by atoms with E-state index in [2.05, 4.69) is 62.5 Å². The molecule has 0 radical (unpaired) electrons. The summed E-state index contributed by atoms with van der Waals surface area (Å²) in [6, 6.07) is 13.2. The fourth-order valence-corrected chi connectivity index (χ4v) is 3.37. The lowest BCUT2D eigenvalue weighted by atomic mass is 9.91.